The van der Waals surface area contributed by atoms with Gasteiger partial charge in [-0.3, -0.25) is 4.79 Å². The third kappa shape index (κ3) is 3.08. The highest BCUT2D eigenvalue weighted by molar-refractivity contribution is 9.08. The molecule has 0 aliphatic heterocycles. The maximum Gasteiger partial charge on any atom is 0.310 e. The number of alkyl halides is 1. The predicted molar refractivity (Wildman–Crippen MR) is 68.9 cm³/mol. The molecule has 16 heavy (non-hydrogen) atoms. The fraction of sp³-hybridized carbons (Fsp3) is 0.462. The van der Waals surface area contributed by atoms with Gasteiger partial charge in [-0.25, -0.2) is 0 Å². The van der Waals surface area contributed by atoms with Crippen molar-refractivity contribution < 1.29 is 9.53 Å². The fourth-order valence-electron chi connectivity index (χ4n) is 1.72. The lowest BCUT2D eigenvalue weighted by molar-refractivity contribution is -0.142. The van der Waals surface area contributed by atoms with E-state index in [1.807, 2.05) is 13.8 Å². The first-order valence-electron chi connectivity index (χ1n) is 5.39. The van der Waals surface area contributed by atoms with E-state index in [1.54, 1.807) is 0 Å². The Morgan fingerprint density at radius 1 is 1.25 bits per heavy atom. The Labute approximate surface area is 105 Å². The van der Waals surface area contributed by atoms with Gasteiger partial charge in [0.2, 0.25) is 0 Å². The Hall–Kier alpha value is -0.830. The zero-order valence-corrected chi connectivity index (χ0v) is 11.6. The van der Waals surface area contributed by atoms with E-state index in [2.05, 4.69) is 35.0 Å². The minimum atomic E-state index is -0.154. The molecule has 0 unspecified atom stereocenters. The number of halogens is 1. The Morgan fingerprint density at radius 2 is 1.81 bits per heavy atom. The van der Waals surface area contributed by atoms with Crippen LogP contribution in [0, 0.1) is 13.8 Å². The van der Waals surface area contributed by atoms with Gasteiger partial charge in [-0.05, 0) is 43.0 Å². The van der Waals surface area contributed by atoms with Gasteiger partial charge >= 0.3 is 5.97 Å². The van der Waals surface area contributed by atoms with E-state index in [0.29, 0.717) is 13.0 Å². The van der Waals surface area contributed by atoms with Crippen molar-refractivity contribution in [3.63, 3.8) is 0 Å². The van der Waals surface area contributed by atoms with Crippen molar-refractivity contribution in [3.05, 3.63) is 34.4 Å². The summed E-state index contributed by atoms with van der Waals surface area (Å²) < 4.78 is 4.99. The molecule has 2 nitrogen and oxygen atoms in total. The molecule has 0 saturated carbocycles. The largest absolute Gasteiger partial charge is 0.466 e. The lowest BCUT2D eigenvalue weighted by atomic mass is 9.96. The summed E-state index contributed by atoms with van der Waals surface area (Å²) in [6.45, 7) is 6.35. The second-order valence-corrected chi connectivity index (χ2v) is 4.33. The van der Waals surface area contributed by atoms with Crippen molar-refractivity contribution in [2.75, 3.05) is 6.61 Å². The normalized spacial score (nSPS) is 10.2. The van der Waals surface area contributed by atoms with Crippen LogP contribution >= 0.6 is 15.9 Å². The molecule has 0 N–H and O–H groups in total. The summed E-state index contributed by atoms with van der Waals surface area (Å²) in [4.78, 5) is 11.5. The quantitative estimate of drug-likeness (QED) is 0.626. The van der Waals surface area contributed by atoms with Gasteiger partial charge in [0, 0.05) is 5.33 Å². The number of esters is 1. The van der Waals surface area contributed by atoms with Crippen LogP contribution < -0.4 is 0 Å². The predicted octanol–water partition coefficient (Wildman–Crippen LogP) is 3.30. The molecule has 1 aromatic rings. The van der Waals surface area contributed by atoms with Crippen LogP contribution in [-0.2, 0) is 21.3 Å². The molecule has 0 fully saturated rings. The molecule has 0 bridgehead atoms. The number of carbonyl (C=O) groups excluding carboxylic acids is 1. The Balaban J connectivity index is 3.01. The highest BCUT2D eigenvalue weighted by atomic mass is 79.9. The monoisotopic (exact) mass is 284 g/mol. The number of aryl methyl sites for hydroxylation is 2. The molecule has 0 amide bonds. The lowest BCUT2D eigenvalue weighted by Crippen LogP contribution is -2.11. The molecule has 0 aliphatic rings. The number of rotatable bonds is 4. The summed E-state index contributed by atoms with van der Waals surface area (Å²) in [5, 5.41) is 0.773. The Morgan fingerprint density at radius 3 is 2.31 bits per heavy atom. The molecular weight excluding hydrogens is 268 g/mol. The van der Waals surface area contributed by atoms with Gasteiger partial charge < -0.3 is 4.74 Å². The summed E-state index contributed by atoms with van der Waals surface area (Å²) in [5.74, 6) is -0.154. The third-order valence-electron chi connectivity index (χ3n) is 2.66. The summed E-state index contributed by atoms with van der Waals surface area (Å²) in [7, 11) is 0. The van der Waals surface area contributed by atoms with Crippen LogP contribution in [0.15, 0.2) is 12.1 Å². The van der Waals surface area contributed by atoms with Crippen LogP contribution in [0.3, 0.4) is 0 Å². The van der Waals surface area contributed by atoms with Gasteiger partial charge in [-0.15, -0.1) is 0 Å². The van der Waals surface area contributed by atoms with Crippen LogP contribution in [0.2, 0.25) is 0 Å². The van der Waals surface area contributed by atoms with Gasteiger partial charge in [0.1, 0.15) is 0 Å². The molecule has 3 heteroatoms. The number of ether oxygens (including phenoxy) is 1. The minimum absolute atomic E-state index is 0.154. The van der Waals surface area contributed by atoms with Crippen LogP contribution in [0.1, 0.15) is 29.2 Å². The van der Waals surface area contributed by atoms with Crippen LogP contribution in [0.4, 0.5) is 0 Å². The topological polar surface area (TPSA) is 26.3 Å². The third-order valence-corrected chi connectivity index (χ3v) is 3.22. The van der Waals surface area contributed by atoms with Gasteiger partial charge in [0.15, 0.2) is 0 Å². The Bertz CT molecular complexity index is 386. The maximum atomic E-state index is 11.5. The lowest BCUT2D eigenvalue weighted by Gasteiger charge is -2.13. The first kappa shape index (κ1) is 13.2. The van der Waals surface area contributed by atoms with Gasteiger partial charge in [-0.2, -0.15) is 0 Å². The summed E-state index contributed by atoms with van der Waals surface area (Å²) in [6.07, 6.45) is 0.363. The minimum Gasteiger partial charge on any atom is -0.466 e. The number of carbonyl (C=O) groups is 1. The summed E-state index contributed by atoms with van der Waals surface area (Å²) in [5.41, 5.74) is 4.65. The zero-order chi connectivity index (χ0) is 12.1. The van der Waals surface area contributed by atoms with Crippen LogP contribution in [0.5, 0.6) is 0 Å². The zero-order valence-electron chi connectivity index (χ0n) is 9.97. The van der Waals surface area contributed by atoms with Crippen molar-refractivity contribution in [2.45, 2.75) is 32.5 Å². The van der Waals surface area contributed by atoms with Crippen molar-refractivity contribution in [3.8, 4) is 0 Å². The van der Waals surface area contributed by atoms with E-state index in [9.17, 15) is 4.79 Å². The number of hydrogen-bond donors (Lipinski definition) is 0. The summed E-state index contributed by atoms with van der Waals surface area (Å²) in [6, 6.07) is 4.14. The molecule has 0 spiro atoms. The average molecular weight is 285 g/mol. The van der Waals surface area contributed by atoms with Crippen molar-refractivity contribution in [1.82, 2.24) is 0 Å². The smallest absolute Gasteiger partial charge is 0.310 e. The molecule has 0 aromatic heterocycles. The standard InChI is InChI=1S/C13H17BrO2/c1-4-16-13(15)7-11-9(2)5-6-10(3)12(11)8-14/h5-6H,4,7-8H2,1-3H3. The molecular formula is C13H17BrO2. The molecule has 0 atom stereocenters. The molecule has 1 aromatic carbocycles. The van der Waals surface area contributed by atoms with Gasteiger partial charge in [0.05, 0.1) is 13.0 Å². The molecule has 88 valence electrons. The van der Waals surface area contributed by atoms with E-state index in [-0.39, 0.29) is 5.97 Å². The second-order valence-electron chi connectivity index (χ2n) is 3.77. The Kier molecular flexibility index (Phi) is 5.00. The van der Waals surface area contributed by atoms with Gasteiger partial charge in [0.25, 0.3) is 0 Å². The van der Waals surface area contributed by atoms with Crippen molar-refractivity contribution in [2.24, 2.45) is 0 Å². The SMILES string of the molecule is CCOC(=O)Cc1c(C)ccc(C)c1CBr. The summed E-state index contributed by atoms with van der Waals surface area (Å²) >= 11 is 3.47. The van der Waals surface area contributed by atoms with Crippen molar-refractivity contribution in [1.29, 1.82) is 0 Å². The first-order valence-corrected chi connectivity index (χ1v) is 6.51. The van der Waals surface area contributed by atoms with Crippen molar-refractivity contribution >= 4 is 21.9 Å². The van der Waals surface area contributed by atoms with Crippen LogP contribution in [-0.4, -0.2) is 12.6 Å². The van der Waals surface area contributed by atoms with E-state index in [4.69, 9.17) is 4.74 Å². The van der Waals surface area contributed by atoms with E-state index in [0.717, 1.165) is 16.5 Å². The van der Waals surface area contributed by atoms with E-state index in [1.165, 1.54) is 11.1 Å². The highest BCUT2D eigenvalue weighted by Crippen LogP contribution is 2.22. The van der Waals surface area contributed by atoms with Crippen LogP contribution in [0.25, 0.3) is 0 Å². The second kappa shape index (κ2) is 6.04. The molecule has 0 radical (unpaired) electrons. The fourth-order valence-corrected chi connectivity index (χ4v) is 2.50. The number of benzene rings is 1. The van der Waals surface area contributed by atoms with Gasteiger partial charge in [-0.1, -0.05) is 28.1 Å². The van der Waals surface area contributed by atoms with E-state index < -0.39 is 0 Å². The first-order chi connectivity index (χ1) is 7.60. The highest BCUT2D eigenvalue weighted by Gasteiger charge is 2.12. The molecule has 0 heterocycles. The molecule has 0 aliphatic carbocycles. The maximum absolute atomic E-state index is 11.5. The molecule has 0 saturated heterocycles. The molecule has 1 rings (SSSR count). The average Bonchev–Trinajstić information content (AvgIpc) is 2.24. The van der Waals surface area contributed by atoms with E-state index >= 15 is 0 Å². The number of hydrogen-bond acceptors (Lipinski definition) is 2.